The average Bonchev–Trinajstić information content (AvgIpc) is 3.25. The van der Waals surface area contributed by atoms with Gasteiger partial charge in [-0.25, -0.2) is 0 Å². The number of rotatable bonds is 3. The van der Waals surface area contributed by atoms with E-state index in [4.69, 9.17) is 4.84 Å². The Balaban J connectivity index is 1.46. The van der Waals surface area contributed by atoms with Crippen molar-refractivity contribution in [3.05, 3.63) is 101 Å². The van der Waals surface area contributed by atoms with E-state index in [1.54, 1.807) is 0 Å². The van der Waals surface area contributed by atoms with Crippen molar-refractivity contribution in [2.24, 2.45) is 5.16 Å². The minimum absolute atomic E-state index is 0.0193. The zero-order valence-corrected chi connectivity index (χ0v) is 15.9. The van der Waals surface area contributed by atoms with Gasteiger partial charge in [-0.15, -0.1) is 0 Å². The molecule has 0 bridgehead atoms. The van der Waals surface area contributed by atoms with Crippen LogP contribution in [0.4, 0.5) is 5.69 Å². The van der Waals surface area contributed by atoms with Crippen LogP contribution in [0, 0.1) is 0 Å². The molecule has 0 fully saturated rings. The van der Waals surface area contributed by atoms with Crippen molar-refractivity contribution in [2.45, 2.75) is 12.5 Å². The van der Waals surface area contributed by atoms with Crippen LogP contribution >= 0.6 is 0 Å². The van der Waals surface area contributed by atoms with Gasteiger partial charge in [0.15, 0.2) is 6.10 Å². The summed E-state index contributed by atoms with van der Waals surface area (Å²) in [5.41, 5.74) is 5.50. The van der Waals surface area contributed by atoms with Gasteiger partial charge in [-0.05, 0) is 28.8 Å². The minimum atomic E-state index is -0.183. The van der Waals surface area contributed by atoms with Gasteiger partial charge in [0, 0.05) is 12.0 Å². The maximum Gasteiger partial charge on any atom is 0.259 e. The predicted molar refractivity (Wildman–Crippen MR) is 116 cm³/mol. The zero-order valence-electron chi connectivity index (χ0n) is 15.9. The summed E-state index contributed by atoms with van der Waals surface area (Å²) in [6.45, 7) is 0.442. The van der Waals surface area contributed by atoms with E-state index in [-0.39, 0.29) is 12.0 Å². The van der Waals surface area contributed by atoms with Gasteiger partial charge in [0.25, 0.3) is 5.91 Å². The van der Waals surface area contributed by atoms with Crippen molar-refractivity contribution in [1.29, 1.82) is 0 Å². The summed E-state index contributed by atoms with van der Waals surface area (Å²) >= 11 is 0. The number of oxime groups is 1. The van der Waals surface area contributed by atoms with Crippen molar-refractivity contribution < 1.29 is 9.63 Å². The lowest BCUT2D eigenvalue weighted by atomic mass is 9.99. The van der Waals surface area contributed by atoms with Crippen LogP contribution in [0.2, 0.25) is 0 Å². The van der Waals surface area contributed by atoms with Gasteiger partial charge in [0.2, 0.25) is 0 Å². The number of benzene rings is 3. The summed E-state index contributed by atoms with van der Waals surface area (Å²) in [5, 5.41) is 4.28. The number of carbonyl (C=O) groups excluding carboxylic acids is 1. The number of fused-ring (bicyclic) bond motifs is 2. The number of carbonyl (C=O) groups is 1. The smallest absolute Gasteiger partial charge is 0.259 e. The molecule has 0 saturated heterocycles. The summed E-state index contributed by atoms with van der Waals surface area (Å²) in [6, 6.07) is 25.7. The van der Waals surface area contributed by atoms with Crippen LogP contribution in [-0.2, 0) is 4.84 Å². The maximum atomic E-state index is 13.5. The Hall–Kier alpha value is -3.66. The summed E-state index contributed by atoms with van der Waals surface area (Å²) in [5.74, 6) is -0.0193. The Labute approximate surface area is 169 Å². The summed E-state index contributed by atoms with van der Waals surface area (Å²) in [4.78, 5) is 21.0. The minimum Gasteiger partial charge on any atom is -0.390 e. The lowest BCUT2D eigenvalue weighted by Gasteiger charge is -2.28. The monoisotopic (exact) mass is 380 g/mol. The lowest BCUT2D eigenvalue weighted by Crippen LogP contribution is -2.39. The van der Waals surface area contributed by atoms with E-state index >= 15 is 0 Å². The highest BCUT2D eigenvalue weighted by molar-refractivity contribution is 6.11. The molecule has 0 radical (unpaired) electrons. The van der Waals surface area contributed by atoms with Gasteiger partial charge >= 0.3 is 0 Å². The van der Waals surface area contributed by atoms with Crippen molar-refractivity contribution >= 4 is 29.5 Å². The Bertz CT molecular complexity index is 1120. The fourth-order valence-corrected chi connectivity index (χ4v) is 3.86. The van der Waals surface area contributed by atoms with E-state index in [9.17, 15) is 4.79 Å². The third-order valence-corrected chi connectivity index (χ3v) is 5.33. The normalized spacial score (nSPS) is 17.7. The molecule has 1 unspecified atom stereocenters. The predicted octanol–water partition coefficient (Wildman–Crippen LogP) is 5.01. The molecule has 2 aliphatic heterocycles. The highest BCUT2D eigenvalue weighted by Crippen LogP contribution is 2.30. The SMILES string of the molecule is O=C1c2ccccc2C=Cc2ccccc2N1CC1CC(c2ccccc2)=NO1. The molecule has 3 aromatic rings. The molecular formula is C25H20N2O2. The number of hydrogen-bond acceptors (Lipinski definition) is 3. The molecule has 0 spiro atoms. The van der Waals surface area contributed by atoms with Crippen molar-refractivity contribution in [3.63, 3.8) is 0 Å². The maximum absolute atomic E-state index is 13.5. The van der Waals surface area contributed by atoms with Crippen molar-refractivity contribution in [1.82, 2.24) is 0 Å². The van der Waals surface area contributed by atoms with Gasteiger partial charge < -0.3 is 9.74 Å². The number of para-hydroxylation sites is 1. The quantitative estimate of drug-likeness (QED) is 0.641. The summed E-state index contributed by atoms with van der Waals surface area (Å²) in [7, 11) is 0. The molecule has 4 heteroatoms. The first-order chi connectivity index (χ1) is 14.3. The topological polar surface area (TPSA) is 41.9 Å². The van der Waals surface area contributed by atoms with Gasteiger partial charge in [-0.1, -0.05) is 84.0 Å². The second-order valence-corrected chi connectivity index (χ2v) is 7.23. The largest absolute Gasteiger partial charge is 0.390 e. The lowest BCUT2D eigenvalue weighted by molar-refractivity contribution is 0.0817. The Morgan fingerprint density at radius 3 is 2.41 bits per heavy atom. The second-order valence-electron chi connectivity index (χ2n) is 7.23. The van der Waals surface area contributed by atoms with E-state index in [0.29, 0.717) is 18.5 Å². The molecule has 2 heterocycles. The average molecular weight is 380 g/mol. The van der Waals surface area contributed by atoms with E-state index < -0.39 is 0 Å². The van der Waals surface area contributed by atoms with E-state index in [1.807, 2.05) is 89.8 Å². The molecule has 0 saturated carbocycles. The molecule has 2 aliphatic rings. The Morgan fingerprint density at radius 2 is 1.55 bits per heavy atom. The van der Waals surface area contributed by atoms with Crippen LogP contribution < -0.4 is 4.90 Å². The number of nitrogens with zero attached hydrogens (tertiary/aromatic N) is 2. The Kier molecular flexibility index (Phi) is 4.45. The van der Waals surface area contributed by atoms with Crippen molar-refractivity contribution in [2.75, 3.05) is 11.4 Å². The fraction of sp³-hybridized carbons (Fsp3) is 0.120. The second kappa shape index (κ2) is 7.40. The van der Waals surface area contributed by atoms with Crippen LogP contribution in [0.15, 0.2) is 84.0 Å². The molecule has 5 rings (SSSR count). The molecule has 0 aliphatic carbocycles. The molecular weight excluding hydrogens is 360 g/mol. The van der Waals surface area contributed by atoms with E-state index in [2.05, 4.69) is 11.2 Å². The molecule has 1 atom stereocenters. The van der Waals surface area contributed by atoms with Crippen LogP contribution in [0.5, 0.6) is 0 Å². The summed E-state index contributed by atoms with van der Waals surface area (Å²) in [6.07, 6.45) is 4.56. The van der Waals surface area contributed by atoms with Gasteiger partial charge in [0.1, 0.15) is 0 Å². The Morgan fingerprint density at radius 1 is 0.862 bits per heavy atom. The third-order valence-electron chi connectivity index (χ3n) is 5.33. The first-order valence-corrected chi connectivity index (χ1v) is 9.76. The molecule has 142 valence electrons. The zero-order chi connectivity index (χ0) is 19.6. The number of anilines is 1. The standard InChI is InChI=1S/C25H20N2O2/c28-25-22-12-6-4-8-18(22)14-15-20-11-5-7-13-24(20)27(25)17-21-16-23(26-29-21)19-9-2-1-3-10-19/h1-15,21H,16-17H2. The molecule has 1 amide bonds. The van der Waals surface area contributed by atoms with Crippen LogP contribution in [-0.4, -0.2) is 24.3 Å². The number of hydrogen-bond donors (Lipinski definition) is 0. The van der Waals surface area contributed by atoms with Gasteiger partial charge in [-0.3, -0.25) is 4.79 Å². The molecule has 0 aromatic heterocycles. The highest BCUT2D eigenvalue weighted by Gasteiger charge is 2.30. The van der Waals surface area contributed by atoms with Crippen LogP contribution in [0.3, 0.4) is 0 Å². The molecule has 3 aromatic carbocycles. The van der Waals surface area contributed by atoms with Crippen LogP contribution in [0.25, 0.3) is 12.2 Å². The van der Waals surface area contributed by atoms with Gasteiger partial charge in [-0.2, -0.15) is 0 Å². The molecule has 0 N–H and O–H groups in total. The fourth-order valence-electron chi connectivity index (χ4n) is 3.86. The van der Waals surface area contributed by atoms with Crippen LogP contribution in [0.1, 0.15) is 33.5 Å². The number of amides is 1. The van der Waals surface area contributed by atoms with Crippen molar-refractivity contribution in [3.8, 4) is 0 Å². The summed E-state index contributed by atoms with van der Waals surface area (Å²) < 4.78 is 0. The highest BCUT2D eigenvalue weighted by atomic mass is 16.6. The molecule has 29 heavy (non-hydrogen) atoms. The molecule has 4 nitrogen and oxygen atoms in total. The van der Waals surface area contributed by atoms with Gasteiger partial charge in [0.05, 0.1) is 17.9 Å². The first-order valence-electron chi connectivity index (χ1n) is 9.76. The third kappa shape index (κ3) is 3.34. The first kappa shape index (κ1) is 17.4. The van der Waals surface area contributed by atoms with E-state index in [1.165, 1.54) is 0 Å². The van der Waals surface area contributed by atoms with E-state index in [0.717, 1.165) is 28.1 Å².